The van der Waals surface area contributed by atoms with E-state index in [2.05, 4.69) is 56.4 Å². The number of hydrogen-bond donors (Lipinski definition) is 1. The lowest BCUT2D eigenvalue weighted by Crippen LogP contribution is -2.37. The molecule has 0 atom stereocenters. The molecule has 2 aromatic carbocycles. The fourth-order valence-electron chi connectivity index (χ4n) is 2.56. The van der Waals surface area contributed by atoms with Gasteiger partial charge in [0.25, 0.3) is 0 Å². The lowest BCUT2D eigenvalue weighted by atomic mass is 10.0. The van der Waals surface area contributed by atoms with Crippen molar-refractivity contribution in [2.24, 2.45) is 0 Å². The molecule has 25 heavy (non-hydrogen) atoms. The fourth-order valence-corrected chi connectivity index (χ4v) is 3.63. The van der Waals surface area contributed by atoms with Crippen LogP contribution in [0.2, 0.25) is 0 Å². The van der Waals surface area contributed by atoms with Crippen molar-refractivity contribution >= 4 is 17.7 Å². The number of nitrogens with one attached hydrogen (secondary N) is 1. The molecule has 0 aliphatic heterocycles. The average Bonchev–Trinajstić information content (AvgIpc) is 2.59. The first-order valence-electron chi connectivity index (χ1n) is 8.52. The first-order chi connectivity index (χ1) is 11.9. The lowest BCUT2D eigenvalue weighted by molar-refractivity contribution is 0.0599. The first kappa shape index (κ1) is 19.5. The number of esters is 1. The third-order valence-electron chi connectivity index (χ3n) is 3.81. The van der Waals surface area contributed by atoms with Gasteiger partial charge in [-0.05, 0) is 57.0 Å². The quantitative estimate of drug-likeness (QED) is 0.576. The van der Waals surface area contributed by atoms with Crippen LogP contribution in [-0.2, 0) is 16.9 Å². The molecule has 0 saturated carbocycles. The van der Waals surface area contributed by atoms with Crippen LogP contribution in [0.25, 0.3) is 0 Å². The van der Waals surface area contributed by atoms with Gasteiger partial charge >= 0.3 is 5.97 Å². The number of rotatable bonds is 7. The van der Waals surface area contributed by atoms with Crippen molar-refractivity contribution in [3.8, 4) is 0 Å². The van der Waals surface area contributed by atoms with Crippen LogP contribution in [0.1, 0.15) is 42.3 Å². The predicted octanol–water partition coefficient (Wildman–Crippen LogP) is 4.70. The van der Waals surface area contributed by atoms with E-state index in [4.69, 9.17) is 4.74 Å². The highest BCUT2D eigenvalue weighted by molar-refractivity contribution is 7.98. The van der Waals surface area contributed by atoms with Crippen molar-refractivity contribution in [1.82, 2.24) is 5.32 Å². The number of carbonyl (C=O) groups excluding carboxylic acids is 1. The Labute approximate surface area is 155 Å². The second kappa shape index (κ2) is 9.07. The van der Waals surface area contributed by atoms with Gasteiger partial charge in [-0.3, -0.25) is 0 Å². The van der Waals surface area contributed by atoms with E-state index in [9.17, 15) is 4.79 Å². The van der Waals surface area contributed by atoms with Gasteiger partial charge in [0.2, 0.25) is 0 Å². The summed E-state index contributed by atoms with van der Waals surface area (Å²) in [6, 6.07) is 16.2. The van der Waals surface area contributed by atoms with E-state index in [0.29, 0.717) is 5.56 Å². The molecule has 0 radical (unpaired) electrons. The zero-order valence-electron chi connectivity index (χ0n) is 15.5. The number of methoxy groups -OCH3 is 1. The first-order valence-corrected chi connectivity index (χ1v) is 9.51. The Morgan fingerprint density at radius 1 is 1.08 bits per heavy atom. The lowest BCUT2D eigenvalue weighted by Gasteiger charge is -2.21. The topological polar surface area (TPSA) is 38.3 Å². The van der Waals surface area contributed by atoms with Gasteiger partial charge in [-0.2, -0.15) is 0 Å². The zero-order valence-corrected chi connectivity index (χ0v) is 16.3. The molecule has 0 aliphatic rings. The van der Waals surface area contributed by atoms with Crippen LogP contribution in [-0.4, -0.2) is 25.2 Å². The fraction of sp³-hybridized carbons (Fsp3) is 0.381. The van der Waals surface area contributed by atoms with Crippen LogP contribution in [0.3, 0.4) is 0 Å². The molecule has 0 bridgehead atoms. The number of hydrogen-bond acceptors (Lipinski definition) is 4. The highest BCUT2D eigenvalue weighted by Gasteiger charge is 2.17. The molecule has 0 saturated heterocycles. The van der Waals surface area contributed by atoms with Crippen molar-refractivity contribution in [2.45, 2.75) is 43.4 Å². The Morgan fingerprint density at radius 3 is 2.44 bits per heavy atom. The summed E-state index contributed by atoms with van der Waals surface area (Å²) in [6.07, 6.45) is 0.791. The molecular weight excluding hydrogens is 330 g/mol. The summed E-state index contributed by atoms with van der Waals surface area (Å²) in [7, 11) is 1.43. The Morgan fingerprint density at radius 2 is 1.80 bits per heavy atom. The van der Waals surface area contributed by atoms with Crippen molar-refractivity contribution in [3.63, 3.8) is 0 Å². The molecule has 0 fully saturated rings. The number of thioether (sulfide) groups is 1. The summed E-state index contributed by atoms with van der Waals surface area (Å²) in [5, 5.41) is 3.49. The predicted molar refractivity (Wildman–Crippen MR) is 105 cm³/mol. The maximum absolute atomic E-state index is 12.2. The van der Waals surface area contributed by atoms with Crippen LogP contribution < -0.4 is 5.32 Å². The average molecular weight is 358 g/mol. The summed E-state index contributed by atoms with van der Waals surface area (Å²) in [6.45, 7) is 7.25. The minimum Gasteiger partial charge on any atom is -0.465 e. The monoisotopic (exact) mass is 357 g/mol. The van der Waals surface area contributed by atoms with Gasteiger partial charge < -0.3 is 10.1 Å². The van der Waals surface area contributed by atoms with E-state index in [0.717, 1.165) is 29.2 Å². The van der Waals surface area contributed by atoms with E-state index in [1.807, 2.05) is 18.2 Å². The van der Waals surface area contributed by atoms with Gasteiger partial charge in [-0.25, -0.2) is 4.79 Å². The van der Waals surface area contributed by atoms with Gasteiger partial charge in [-0.15, -0.1) is 11.8 Å². The number of ether oxygens (including phenoxy) is 1. The second-order valence-electron chi connectivity index (χ2n) is 6.97. The molecule has 3 nitrogen and oxygen atoms in total. The maximum Gasteiger partial charge on any atom is 0.338 e. The van der Waals surface area contributed by atoms with Crippen LogP contribution in [0.15, 0.2) is 53.4 Å². The summed E-state index contributed by atoms with van der Waals surface area (Å²) in [5.41, 5.74) is 3.05. The molecule has 0 amide bonds. The second-order valence-corrected chi connectivity index (χ2v) is 7.99. The Bertz CT molecular complexity index is 693. The molecule has 134 valence electrons. The van der Waals surface area contributed by atoms with Crippen LogP contribution in [0.5, 0.6) is 0 Å². The third-order valence-corrected chi connectivity index (χ3v) is 4.98. The molecule has 2 rings (SSSR count). The summed E-state index contributed by atoms with van der Waals surface area (Å²) < 4.78 is 4.97. The maximum atomic E-state index is 12.2. The molecular formula is C21H27NO2S. The van der Waals surface area contributed by atoms with Crippen molar-refractivity contribution in [3.05, 3.63) is 65.2 Å². The van der Waals surface area contributed by atoms with E-state index < -0.39 is 0 Å². The third kappa shape index (κ3) is 6.22. The molecule has 0 unspecified atom stereocenters. The molecule has 1 N–H and O–H groups in total. The molecule has 0 aliphatic carbocycles. The van der Waals surface area contributed by atoms with Crippen LogP contribution in [0, 0.1) is 0 Å². The van der Waals surface area contributed by atoms with Gasteiger partial charge in [0.05, 0.1) is 12.7 Å². The van der Waals surface area contributed by atoms with Gasteiger partial charge in [0, 0.05) is 16.2 Å². The zero-order chi connectivity index (χ0) is 18.3. The highest BCUT2D eigenvalue weighted by Crippen LogP contribution is 2.29. The Kier molecular flexibility index (Phi) is 7.09. The summed E-state index contributed by atoms with van der Waals surface area (Å²) in [4.78, 5) is 13.3. The van der Waals surface area contributed by atoms with E-state index >= 15 is 0 Å². The summed E-state index contributed by atoms with van der Waals surface area (Å²) >= 11 is 1.76. The van der Waals surface area contributed by atoms with Crippen LogP contribution in [0.4, 0.5) is 0 Å². The smallest absolute Gasteiger partial charge is 0.338 e. The largest absolute Gasteiger partial charge is 0.465 e. The normalized spacial score (nSPS) is 11.4. The minimum absolute atomic E-state index is 0.0531. The molecule has 0 aromatic heterocycles. The van der Waals surface area contributed by atoms with Crippen molar-refractivity contribution in [1.29, 1.82) is 0 Å². The molecule has 2 aromatic rings. The standard InChI is InChI=1S/C21H27NO2S/c1-21(2,3)22-14-13-17-18(20(23)24-4)11-8-12-19(17)25-15-16-9-6-5-7-10-16/h5-12,22H,13-15H2,1-4H3. The SMILES string of the molecule is COC(=O)c1cccc(SCc2ccccc2)c1CCNC(C)(C)C. The van der Waals surface area contributed by atoms with Crippen molar-refractivity contribution in [2.75, 3.05) is 13.7 Å². The van der Waals surface area contributed by atoms with E-state index in [1.165, 1.54) is 12.7 Å². The number of carbonyl (C=O) groups is 1. The van der Waals surface area contributed by atoms with E-state index in [-0.39, 0.29) is 11.5 Å². The van der Waals surface area contributed by atoms with Gasteiger partial charge in [0.1, 0.15) is 0 Å². The molecule has 4 heteroatoms. The van der Waals surface area contributed by atoms with Gasteiger partial charge in [-0.1, -0.05) is 36.4 Å². The molecule has 0 heterocycles. The summed E-state index contributed by atoms with van der Waals surface area (Å²) in [5.74, 6) is 0.610. The minimum atomic E-state index is -0.270. The highest BCUT2D eigenvalue weighted by atomic mass is 32.2. The van der Waals surface area contributed by atoms with Crippen LogP contribution >= 0.6 is 11.8 Å². The van der Waals surface area contributed by atoms with Gasteiger partial charge in [0.15, 0.2) is 0 Å². The van der Waals surface area contributed by atoms with E-state index in [1.54, 1.807) is 11.8 Å². The Hall–Kier alpha value is -1.78. The molecule has 0 spiro atoms. The Balaban J connectivity index is 2.20. The van der Waals surface area contributed by atoms with Crippen molar-refractivity contribution < 1.29 is 9.53 Å². The number of benzene rings is 2.